The number of rotatable bonds is 2. The van der Waals surface area contributed by atoms with E-state index in [0.717, 1.165) is 17.4 Å². The molecule has 0 saturated carbocycles. The van der Waals surface area contributed by atoms with Crippen LogP contribution in [0.25, 0.3) is 11.0 Å². The first kappa shape index (κ1) is 13.9. The minimum absolute atomic E-state index is 0.199. The van der Waals surface area contributed by atoms with Crippen molar-refractivity contribution in [1.82, 2.24) is 17.6 Å². The molecule has 1 unspecified atom stereocenters. The van der Waals surface area contributed by atoms with Crippen molar-refractivity contribution in [3.05, 3.63) is 42.2 Å². The van der Waals surface area contributed by atoms with E-state index in [9.17, 15) is 8.42 Å². The van der Waals surface area contributed by atoms with Crippen LogP contribution in [0.15, 0.2) is 41.4 Å². The van der Waals surface area contributed by atoms with Gasteiger partial charge in [0.05, 0.1) is 17.8 Å². The third-order valence-corrected chi connectivity index (χ3v) is 6.67. The van der Waals surface area contributed by atoms with Crippen LogP contribution in [0.2, 0.25) is 0 Å². The molecular weight excluding hydrogens is 320 g/mol. The van der Waals surface area contributed by atoms with Gasteiger partial charge in [-0.25, -0.2) is 8.42 Å². The molecule has 0 spiro atoms. The number of hydrogen-bond donors (Lipinski definition) is 0. The van der Waals surface area contributed by atoms with Crippen molar-refractivity contribution in [3.63, 3.8) is 0 Å². The number of fused-ring (bicyclic) bond motifs is 2. The number of nitrogens with zero attached hydrogens (tertiary/aromatic N) is 4. The lowest BCUT2D eigenvalue weighted by Crippen LogP contribution is -2.40. The van der Waals surface area contributed by atoms with E-state index in [0.29, 0.717) is 24.1 Å². The standard InChI is InChI=1S/C14H14N4O2S2/c1-10-12-5-3-7-17(12)8-9-18(10)22(19,20)13-6-2-4-11-14(13)16-21-15-11/h2-7,10H,8-9H2,1H3. The lowest BCUT2D eigenvalue weighted by atomic mass is 10.2. The summed E-state index contributed by atoms with van der Waals surface area (Å²) >= 11 is 1.03. The second-order valence-corrected chi connectivity index (χ2v) is 7.69. The van der Waals surface area contributed by atoms with E-state index in [-0.39, 0.29) is 10.9 Å². The van der Waals surface area contributed by atoms with Crippen molar-refractivity contribution in [2.45, 2.75) is 24.4 Å². The minimum Gasteiger partial charge on any atom is -0.349 e. The highest BCUT2D eigenvalue weighted by atomic mass is 32.2. The fourth-order valence-electron chi connectivity index (χ4n) is 3.00. The molecule has 0 aliphatic carbocycles. The van der Waals surface area contributed by atoms with E-state index in [2.05, 4.69) is 13.3 Å². The van der Waals surface area contributed by atoms with Crippen molar-refractivity contribution in [2.75, 3.05) is 6.54 Å². The van der Waals surface area contributed by atoms with Gasteiger partial charge in [0.25, 0.3) is 0 Å². The summed E-state index contributed by atoms with van der Waals surface area (Å²) in [5.41, 5.74) is 2.10. The van der Waals surface area contributed by atoms with Gasteiger partial charge in [0.15, 0.2) is 0 Å². The Hall–Kier alpha value is -1.77. The molecule has 0 amide bonds. The highest BCUT2D eigenvalue weighted by Gasteiger charge is 2.35. The van der Waals surface area contributed by atoms with Crippen LogP contribution in [0, 0.1) is 0 Å². The molecule has 0 saturated heterocycles. The Morgan fingerprint density at radius 1 is 1.18 bits per heavy atom. The largest absolute Gasteiger partial charge is 0.349 e. The highest BCUT2D eigenvalue weighted by Crippen LogP contribution is 2.33. The zero-order valence-corrected chi connectivity index (χ0v) is 13.5. The van der Waals surface area contributed by atoms with Crippen LogP contribution in [-0.4, -0.2) is 32.6 Å². The number of benzene rings is 1. The number of sulfonamides is 1. The minimum atomic E-state index is -3.60. The summed E-state index contributed by atoms with van der Waals surface area (Å²) < 4.78 is 38.1. The lowest BCUT2D eigenvalue weighted by molar-refractivity contribution is 0.282. The molecule has 3 aromatic rings. The molecule has 0 N–H and O–H groups in total. The predicted octanol–water partition coefficient (Wildman–Crippen LogP) is 2.26. The summed E-state index contributed by atoms with van der Waals surface area (Å²) in [5, 5.41) is 0. The van der Waals surface area contributed by atoms with Gasteiger partial charge in [-0.3, -0.25) is 0 Å². The topological polar surface area (TPSA) is 68.1 Å². The summed E-state index contributed by atoms with van der Waals surface area (Å²) in [7, 11) is -3.60. The van der Waals surface area contributed by atoms with Gasteiger partial charge in [-0.1, -0.05) is 6.07 Å². The lowest BCUT2D eigenvalue weighted by Gasteiger charge is -2.33. The van der Waals surface area contributed by atoms with E-state index in [1.54, 1.807) is 22.5 Å². The molecule has 0 radical (unpaired) electrons. The van der Waals surface area contributed by atoms with E-state index in [1.165, 1.54) is 0 Å². The number of aromatic nitrogens is 3. The summed E-state index contributed by atoms with van der Waals surface area (Å²) in [4.78, 5) is 0.241. The maximum Gasteiger partial charge on any atom is 0.246 e. The molecule has 0 fully saturated rings. The van der Waals surface area contributed by atoms with Gasteiger partial charge >= 0.3 is 0 Å². The maximum absolute atomic E-state index is 13.1. The van der Waals surface area contributed by atoms with Crippen LogP contribution < -0.4 is 0 Å². The van der Waals surface area contributed by atoms with E-state index >= 15 is 0 Å². The first-order chi connectivity index (χ1) is 10.6. The molecule has 2 aromatic heterocycles. The SMILES string of the molecule is CC1c2cccn2CCN1S(=O)(=O)c1cccc2nsnc12. The monoisotopic (exact) mass is 334 g/mol. The van der Waals surface area contributed by atoms with Gasteiger partial charge in [0.2, 0.25) is 10.0 Å². The van der Waals surface area contributed by atoms with Gasteiger partial charge in [-0.2, -0.15) is 13.1 Å². The molecule has 1 aromatic carbocycles. The van der Waals surface area contributed by atoms with E-state index in [4.69, 9.17) is 0 Å². The van der Waals surface area contributed by atoms with Crippen LogP contribution in [-0.2, 0) is 16.6 Å². The van der Waals surface area contributed by atoms with Crippen molar-refractivity contribution in [2.24, 2.45) is 0 Å². The van der Waals surface area contributed by atoms with Crippen molar-refractivity contribution >= 4 is 32.8 Å². The van der Waals surface area contributed by atoms with Gasteiger partial charge in [0.1, 0.15) is 15.9 Å². The van der Waals surface area contributed by atoms with Gasteiger partial charge in [-0.05, 0) is 31.2 Å². The Balaban J connectivity index is 1.83. The number of hydrogen-bond acceptors (Lipinski definition) is 5. The third-order valence-electron chi connectivity index (χ3n) is 4.12. The van der Waals surface area contributed by atoms with E-state index in [1.807, 2.05) is 25.3 Å². The van der Waals surface area contributed by atoms with Crippen LogP contribution in [0.1, 0.15) is 18.7 Å². The molecule has 6 nitrogen and oxygen atoms in total. The second kappa shape index (κ2) is 4.87. The Bertz CT molecular complexity index is 945. The van der Waals surface area contributed by atoms with Crippen molar-refractivity contribution in [3.8, 4) is 0 Å². The molecule has 1 atom stereocenters. The molecule has 1 aliphatic rings. The summed E-state index contributed by atoms with van der Waals surface area (Å²) in [6, 6.07) is 8.83. The fourth-order valence-corrected chi connectivity index (χ4v) is 5.35. The Kier molecular flexibility index (Phi) is 3.07. The smallest absolute Gasteiger partial charge is 0.246 e. The zero-order valence-electron chi connectivity index (χ0n) is 11.9. The summed E-state index contributed by atoms with van der Waals surface area (Å²) in [6.07, 6.45) is 1.99. The average Bonchev–Trinajstić information content (AvgIpc) is 3.15. The average molecular weight is 334 g/mol. The Morgan fingerprint density at radius 3 is 2.91 bits per heavy atom. The van der Waals surface area contributed by atoms with E-state index < -0.39 is 10.0 Å². The van der Waals surface area contributed by atoms with Crippen LogP contribution in [0.5, 0.6) is 0 Å². The Labute approximate surface area is 132 Å². The molecule has 3 heterocycles. The Morgan fingerprint density at radius 2 is 2.05 bits per heavy atom. The molecule has 8 heteroatoms. The van der Waals surface area contributed by atoms with Crippen LogP contribution in [0.4, 0.5) is 0 Å². The van der Waals surface area contributed by atoms with Crippen LogP contribution in [0.3, 0.4) is 0 Å². The second-order valence-electron chi connectivity index (χ2n) is 5.31. The molecule has 0 bridgehead atoms. The normalized spacial score (nSPS) is 19.4. The third kappa shape index (κ3) is 1.91. The summed E-state index contributed by atoms with van der Waals surface area (Å²) in [5.74, 6) is 0. The predicted molar refractivity (Wildman–Crippen MR) is 84.2 cm³/mol. The fraction of sp³-hybridized carbons (Fsp3) is 0.286. The molecule has 4 rings (SSSR count). The highest BCUT2D eigenvalue weighted by molar-refractivity contribution is 7.89. The maximum atomic E-state index is 13.1. The van der Waals surface area contributed by atoms with Crippen molar-refractivity contribution in [1.29, 1.82) is 0 Å². The van der Waals surface area contributed by atoms with Gasteiger partial charge in [0, 0.05) is 25.0 Å². The molecular formula is C14H14N4O2S2. The van der Waals surface area contributed by atoms with Crippen molar-refractivity contribution < 1.29 is 8.42 Å². The van der Waals surface area contributed by atoms with Crippen LogP contribution >= 0.6 is 11.7 Å². The summed E-state index contributed by atoms with van der Waals surface area (Å²) in [6.45, 7) is 3.04. The molecule has 114 valence electrons. The quantitative estimate of drug-likeness (QED) is 0.721. The molecule has 22 heavy (non-hydrogen) atoms. The van der Waals surface area contributed by atoms with Gasteiger partial charge in [-0.15, -0.1) is 0 Å². The van der Waals surface area contributed by atoms with Gasteiger partial charge < -0.3 is 4.57 Å². The first-order valence-corrected chi connectivity index (χ1v) is 9.14. The zero-order chi connectivity index (χ0) is 15.3. The first-order valence-electron chi connectivity index (χ1n) is 6.97. The molecule has 1 aliphatic heterocycles.